The van der Waals surface area contributed by atoms with Gasteiger partial charge in [-0.05, 0) is 24.6 Å². The Hall–Kier alpha value is -1.84. The van der Waals surface area contributed by atoms with Crippen LogP contribution in [-0.4, -0.2) is 15.3 Å². The lowest BCUT2D eigenvalue weighted by atomic mass is 10.1. The third kappa shape index (κ3) is 1.35. The lowest BCUT2D eigenvalue weighted by Crippen LogP contribution is -1.85. The van der Waals surface area contributed by atoms with Crippen molar-refractivity contribution in [3.63, 3.8) is 0 Å². The summed E-state index contributed by atoms with van der Waals surface area (Å²) in [7, 11) is 0. The van der Waals surface area contributed by atoms with Crippen molar-refractivity contribution in [1.29, 1.82) is 0 Å². The van der Waals surface area contributed by atoms with Gasteiger partial charge in [0.25, 0.3) is 0 Å². The zero-order valence-electron chi connectivity index (χ0n) is 7.58. The van der Waals surface area contributed by atoms with E-state index in [1.807, 2.05) is 0 Å². The van der Waals surface area contributed by atoms with Gasteiger partial charge < -0.3 is 5.11 Å². The first kappa shape index (κ1) is 8.74. The van der Waals surface area contributed by atoms with Crippen LogP contribution in [0.15, 0.2) is 24.5 Å². The molecule has 0 saturated carbocycles. The monoisotopic (exact) mass is 192 g/mol. The Kier molecular flexibility index (Phi) is 1.96. The fourth-order valence-electron chi connectivity index (χ4n) is 1.24. The van der Waals surface area contributed by atoms with E-state index in [9.17, 15) is 9.50 Å². The third-order valence-corrected chi connectivity index (χ3v) is 2.15. The number of hydrogen-bond donors (Lipinski definition) is 2. The molecule has 0 atom stereocenters. The fraction of sp³-hybridized carbons (Fsp3) is 0.100. The molecule has 4 heteroatoms. The molecule has 0 aliphatic heterocycles. The Labute approximate surface area is 80.2 Å². The number of phenols is 1. The van der Waals surface area contributed by atoms with Gasteiger partial charge in [0.1, 0.15) is 11.6 Å². The van der Waals surface area contributed by atoms with Crippen LogP contribution in [0.25, 0.3) is 11.1 Å². The molecule has 0 aliphatic rings. The quantitative estimate of drug-likeness (QED) is 0.727. The Bertz CT molecular complexity index is 428. The van der Waals surface area contributed by atoms with E-state index in [2.05, 4.69) is 10.2 Å². The minimum absolute atomic E-state index is 0.0406. The number of aromatic hydroxyl groups is 1. The number of aromatic amines is 1. The average molecular weight is 192 g/mol. The Morgan fingerprint density at radius 3 is 2.71 bits per heavy atom. The van der Waals surface area contributed by atoms with Crippen LogP contribution >= 0.6 is 0 Å². The lowest BCUT2D eigenvalue weighted by Gasteiger charge is -2.03. The number of halogens is 1. The first-order valence-corrected chi connectivity index (χ1v) is 4.17. The van der Waals surface area contributed by atoms with E-state index in [1.54, 1.807) is 12.4 Å². The van der Waals surface area contributed by atoms with Crippen LogP contribution in [0, 0.1) is 12.7 Å². The molecule has 72 valence electrons. The molecule has 0 spiro atoms. The maximum absolute atomic E-state index is 13.2. The molecule has 0 saturated heterocycles. The highest BCUT2D eigenvalue weighted by atomic mass is 19.1. The molecule has 0 aliphatic carbocycles. The molecule has 3 nitrogen and oxygen atoms in total. The van der Waals surface area contributed by atoms with Gasteiger partial charge >= 0.3 is 0 Å². The number of aromatic nitrogens is 2. The highest BCUT2D eigenvalue weighted by molar-refractivity contribution is 5.64. The predicted molar refractivity (Wildman–Crippen MR) is 50.4 cm³/mol. The molecular formula is C10H9FN2O. The van der Waals surface area contributed by atoms with Gasteiger partial charge in [-0.25, -0.2) is 4.39 Å². The molecule has 2 rings (SSSR count). The molecule has 1 heterocycles. The van der Waals surface area contributed by atoms with Gasteiger partial charge in [-0.2, -0.15) is 5.10 Å². The number of H-pyrrole nitrogens is 1. The molecule has 1 aromatic heterocycles. The lowest BCUT2D eigenvalue weighted by molar-refractivity contribution is 0.463. The highest BCUT2D eigenvalue weighted by Gasteiger charge is 2.07. The molecule has 0 radical (unpaired) electrons. The Morgan fingerprint density at radius 1 is 1.36 bits per heavy atom. The molecule has 1 aromatic carbocycles. The minimum atomic E-state index is -0.416. The summed E-state index contributed by atoms with van der Waals surface area (Å²) in [6.45, 7) is 1.53. The van der Waals surface area contributed by atoms with Crippen LogP contribution in [-0.2, 0) is 0 Å². The van der Waals surface area contributed by atoms with Gasteiger partial charge in [-0.1, -0.05) is 0 Å². The van der Waals surface area contributed by atoms with Crippen LogP contribution in [0.2, 0.25) is 0 Å². The second-order valence-electron chi connectivity index (χ2n) is 3.09. The van der Waals surface area contributed by atoms with E-state index < -0.39 is 5.82 Å². The van der Waals surface area contributed by atoms with Gasteiger partial charge in [0, 0.05) is 17.3 Å². The topological polar surface area (TPSA) is 48.9 Å². The van der Waals surface area contributed by atoms with Crippen LogP contribution in [0.3, 0.4) is 0 Å². The largest absolute Gasteiger partial charge is 0.508 e. The second kappa shape index (κ2) is 3.14. The first-order chi connectivity index (χ1) is 6.68. The second-order valence-corrected chi connectivity index (χ2v) is 3.09. The van der Waals surface area contributed by atoms with Crippen molar-refractivity contribution in [1.82, 2.24) is 10.2 Å². The SMILES string of the molecule is Cc1c(O)cc(-c2cn[nH]c2)cc1F. The summed E-state index contributed by atoms with van der Waals surface area (Å²) in [5, 5.41) is 15.8. The Morgan fingerprint density at radius 2 is 2.14 bits per heavy atom. The average Bonchev–Trinajstić information content (AvgIpc) is 2.66. The van der Waals surface area contributed by atoms with Crippen LogP contribution in [0.1, 0.15) is 5.56 Å². The van der Waals surface area contributed by atoms with Gasteiger partial charge in [0.15, 0.2) is 0 Å². The molecule has 0 bridgehead atoms. The number of hydrogen-bond acceptors (Lipinski definition) is 2. The molecule has 0 fully saturated rings. The van der Waals surface area contributed by atoms with Crippen molar-refractivity contribution in [3.05, 3.63) is 35.9 Å². The standard InChI is InChI=1S/C10H9FN2O/c1-6-9(11)2-7(3-10(6)14)8-4-12-13-5-8/h2-5,14H,1H3,(H,12,13). The maximum atomic E-state index is 13.2. The smallest absolute Gasteiger partial charge is 0.130 e. The van der Waals surface area contributed by atoms with E-state index in [0.29, 0.717) is 5.56 Å². The van der Waals surface area contributed by atoms with E-state index in [-0.39, 0.29) is 11.3 Å². The number of benzene rings is 1. The number of nitrogens with one attached hydrogen (secondary N) is 1. The summed E-state index contributed by atoms with van der Waals surface area (Å²) in [4.78, 5) is 0. The van der Waals surface area contributed by atoms with Crippen LogP contribution in [0.4, 0.5) is 4.39 Å². The summed E-state index contributed by atoms with van der Waals surface area (Å²) in [6, 6.07) is 2.89. The predicted octanol–water partition coefficient (Wildman–Crippen LogP) is 2.23. The van der Waals surface area contributed by atoms with Crippen molar-refractivity contribution >= 4 is 0 Å². The van der Waals surface area contributed by atoms with Gasteiger partial charge in [0.2, 0.25) is 0 Å². The number of nitrogens with zero attached hydrogens (tertiary/aromatic N) is 1. The highest BCUT2D eigenvalue weighted by Crippen LogP contribution is 2.27. The summed E-state index contributed by atoms with van der Waals surface area (Å²) in [6.07, 6.45) is 3.22. The van der Waals surface area contributed by atoms with Crippen molar-refractivity contribution < 1.29 is 9.50 Å². The van der Waals surface area contributed by atoms with Crippen molar-refractivity contribution in [2.45, 2.75) is 6.92 Å². The Balaban J connectivity index is 2.57. The zero-order chi connectivity index (χ0) is 10.1. The fourth-order valence-corrected chi connectivity index (χ4v) is 1.24. The minimum Gasteiger partial charge on any atom is -0.508 e. The van der Waals surface area contributed by atoms with Crippen molar-refractivity contribution in [2.75, 3.05) is 0 Å². The van der Waals surface area contributed by atoms with Crippen molar-refractivity contribution in [2.24, 2.45) is 0 Å². The summed E-state index contributed by atoms with van der Waals surface area (Å²) in [5.74, 6) is -0.456. The van der Waals surface area contributed by atoms with E-state index in [1.165, 1.54) is 19.1 Å². The first-order valence-electron chi connectivity index (χ1n) is 4.17. The maximum Gasteiger partial charge on any atom is 0.130 e. The van der Waals surface area contributed by atoms with Gasteiger partial charge in [-0.15, -0.1) is 0 Å². The van der Waals surface area contributed by atoms with E-state index in [4.69, 9.17) is 0 Å². The molecule has 14 heavy (non-hydrogen) atoms. The molecule has 2 aromatic rings. The van der Waals surface area contributed by atoms with E-state index in [0.717, 1.165) is 5.56 Å². The summed E-state index contributed by atoms with van der Waals surface area (Å²) >= 11 is 0. The molecule has 0 unspecified atom stereocenters. The molecular weight excluding hydrogens is 183 g/mol. The zero-order valence-corrected chi connectivity index (χ0v) is 7.58. The molecule has 0 amide bonds. The van der Waals surface area contributed by atoms with Gasteiger partial charge in [-0.3, -0.25) is 5.10 Å². The summed E-state index contributed by atoms with van der Waals surface area (Å²) < 4.78 is 13.2. The third-order valence-electron chi connectivity index (χ3n) is 2.15. The van der Waals surface area contributed by atoms with Crippen LogP contribution < -0.4 is 0 Å². The number of phenolic OH excluding ortho intramolecular Hbond substituents is 1. The summed E-state index contributed by atoms with van der Waals surface area (Å²) in [5.41, 5.74) is 1.62. The van der Waals surface area contributed by atoms with Crippen molar-refractivity contribution in [3.8, 4) is 16.9 Å². The number of rotatable bonds is 1. The molecule has 2 N–H and O–H groups in total. The van der Waals surface area contributed by atoms with Gasteiger partial charge in [0.05, 0.1) is 6.20 Å². The van der Waals surface area contributed by atoms with E-state index >= 15 is 0 Å². The normalized spacial score (nSPS) is 10.4. The van der Waals surface area contributed by atoms with Crippen LogP contribution in [0.5, 0.6) is 5.75 Å².